The van der Waals surface area contributed by atoms with Gasteiger partial charge in [0.15, 0.2) is 5.17 Å². The highest BCUT2D eigenvalue weighted by Crippen LogP contribution is 2.41. The van der Waals surface area contributed by atoms with E-state index in [4.69, 9.17) is 4.99 Å². The number of para-hydroxylation sites is 1. The topological polar surface area (TPSA) is 52.9 Å². The zero-order chi connectivity index (χ0) is 26.1. The van der Waals surface area contributed by atoms with E-state index in [9.17, 15) is 9.90 Å². The van der Waals surface area contributed by atoms with E-state index in [1.165, 1.54) is 11.8 Å². The van der Waals surface area contributed by atoms with Crippen LogP contribution in [0.4, 0.5) is 5.69 Å². The maximum absolute atomic E-state index is 13.7. The van der Waals surface area contributed by atoms with Crippen molar-refractivity contribution in [2.45, 2.75) is 58.9 Å². The van der Waals surface area contributed by atoms with E-state index in [0.29, 0.717) is 22.4 Å². The van der Waals surface area contributed by atoms with Crippen molar-refractivity contribution in [3.63, 3.8) is 0 Å². The van der Waals surface area contributed by atoms with Gasteiger partial charge in [-0.2, -0.15) is 0 Å². The van der Waals surface area contributed by atoms with Crippen molar-refractivity contribution in [2.24, 2.45) is 4.99 Å². The first-order valence-electron chi connectivity index (χ1n) is 12.2. The fourth-order valence-electron chi connectivity index (χ4n) is 4.14. The molecule has 186 valence electrons. The van der Waals surface area contributed by atoms with Crippen LogP contribution >= 0.6 is 11.8 Å². The van der Waals surface area contributed by atoms with Crippen molar-refractivity contribution >= 4 is 34.6 Å². The van der Waals surface area contributed by atoms with Gasteiger partial charge >= 0.3 is 0 Å². The molecule has 0 radical (unpaired) electrons. The van der Waals surface area contributed by atoms with Crippen LogP contribution < -0.4 is 0 Å². The first kappa shape index (κ1) is 25.8. The lowest BCUT2D eigenvalue weighted by Gasteiger charge is -2.28. The molecule has 5 heteroatoms. The number of phenolic OH excluding ortho intramolecular Hbond substituents is 1. The van der Waals surface area contributed by atoms with Gasteiger partial charge in [-0.25, -0.2) is 4.99 Å². The number of hydrogen-bond acceptors (Lipinski definition) is 4. The Morgan fingerprint density at radius 1 is 0.861 bits per heavy atom. The molecule has 1 amide bonds. The first-order valence-corrected chi connectivity index (χ1v) is 13.0. The molecular formula is C31H34N2O2S. The van der Waals surface area contributed by atoms with Crippen molar-refractivity contribution in [3.05, 3.63) is 100.0 Å². The highest BCUT2D eigenvalue weighted by molar-refractivity contribution is 8.18. The molecule has 4 nitrogen and oxygen atoms in total. The van der Waals surface area contributed by atoms with Crippen LogP contribution in [-0.4, -0.2) is 21.1 Å². The van der Waals surface area contributed by atoms with E-state index in [-0.39, 0.29) is 16.7 Å². The van der Waals surface area contributed by atoms with Crippen molar-refractivity contribution in [3.8, 4) is 5.75 Å². The molecule has 1 aliphatic rings. The second-order valence-electron chi connectivity index (χ2n) is 11.2. The Balaban J connectivity index is 1.79. The van der Waals surface area contributed by atoms with Gasteiger partial charge in [0.05, 0.1) is 17.1 Å². The Morgan fingerprint density at radius 3 is 1.92 bits per heavy atom. The molecule has 1 fully saturated rings. The van der Waals surface area contributed by atoms with Gasteiger partial charge in [-0.1, -0.05) is 90.1 Å². The molecule has 0 bridgehead atoms. The third kappa shape index (κ3) is 5.73. The van der Waals surface area contributed by atoms with Crippen LogP contribution in [0.15, 0.2) is 82.7 Å². The number of carbonyl (C=O) groups is 1. The molecule has 0 atom stereocenters. The maximum Gasteiger partial charge on any atom is 0.267 e. The number of carbonyl (C=O) groups excluding carboxylic acids is 1. The number of benzene rings is 3. The number of amidine groups is 1. The molecule has 3 aromatic rings. The van der Waals surface area contributed by atoms with Gasteiger partial charge in [-0.3, -0.25) is 9.69 Å². The van der Waals surface area contributed by atoms with Crippen molar-refractivity contribution in [1.29, 1.82) is 0 Å². The van der Waals surface area contributed by atoms with Crippen LogP contribution in [0.1, 0.15) is 63.8 Å². The molecule has 0 saturated carbocycles. The van der Waals surface area contributed by atoms with E-state index < -0.39 is 0 Å². The Kier molecular flexibility index (Phi) is 7.14. The molecule has 0 aromatic heterocycles. The molecule has 1 heterocycles. The number of amides is 1. The summed E-state index contributed by atoms with van der Waals surface area (Å²) in [6, 6.07) is 23.7. The zero-order valence-corrected chi connectivity index (χ0v) is 22.7. The summed E-state index contributed by atoms with van der Waals surface area (Å²) in [5, 5.41) is 11.7. The predicted octanol–water partition coefficient (Wildman–Crippen LogP) is 7.79. The van der Waals surface area contributed by atoms with Gasteiger partial charge in [-0.05, 0) is 64.1 Å². The van der Waals surface area contributed by atoms with Crippen LogP contribution in [-0.2, 0) is 22.2 Å². The Bertz CT molecular complexity index is 1280. The summed E-state index contributed by atoms with van der Waals surface area (Å²) < 4.78 is 0. The Labute approximate surface area is 218 Å². The number of hydrogen-bond donors (Lipinski definition) is 1. The monoisotopic (exact) mass is 498 g/mol. The van der Waals surface area contributed by atoms with Crippen LogP contribution in [0.3, 0.4) is 0 Å². The summed E-state index contributed by atoms with van der Waals surface area (Å²) in [5.74, 6) is 0.265. The van der Waals surface area contributed by atoms with E-state index in [2.05, 4.69) is 41.5 Å². The fourth-order valence-corrected chi connectivity index (χ4v) is 5.14. The van der Waals surface area contributed by atoms with Gasteiger partial charge in [0, 0.05) is 11.1 Å². The fraction of sp³-hybridized carbons (Fsp3) is 0.290. The minimum Gasteiger partial charge on any atom is -0.507 e. The van der Waals surface area contributed by atoms with Gasteiger partial charge in [0.25, 0.3) is 5.91 Å². The van der Waals surface area contributed by atoms with Crippen molar-refractivity contribution < 1.29 is 9.90 Å². The average molecular weight is 499 g/mol. The highest BCUT2D eigenvalue weighted by Gasteiger charge is 2.34. The molecule has 3 aromatic carbocycles. The number of aliphatic imine (C=N–C) groups is 1. The normalized spacial score (nSPS) is 16.8. The highest BCUT2D eigenvalue weighted by atomic mass is 32.2. The lowest BCUT2D eigenvalue weighted by molar-refractivity contribution is -0.122. The summed E-state index contributed by atoms with van der Waals surface area (Å²) >= 11 is 1.39. The lowest BCUT2D eigenvalue weighted by atomic mass is 9.78. The summed E-state index contributed by atoms with van der Waals surface area (Å²) in [6.45, 7) is 13.0. The van der Waals surface area contributed by atoms with Crippen molar-refractivity contribution in [2.75, 3.05) is 0 Å². The quantitative estimate of drug-likeness (QED) is 0.374. The van der Waals surface area contributed by atoms with Gasteiger partial charge < -0.3 is 5.11 Å². The average Bonchev–Trinajstić information content (AvgIpc) is 3.08. The van der Waals surface area contributed by atoms with Crippen LogP contribution in [0.25, 0.3) is 6.08 Å². The summed E-state index contributed by atoms with van der Waals surface area (Å²) in [7, 11) is 0. The number of nitrogens with zero attached hydrogens (tertiary/aromatic N) is 2. The molecular weight excluding hydrogens is 464 g/mol. The molecule has 1 N–H and O–H groups in total. The molecule has 36 heavy (non-hydrogen) atoms. The smallest absolute Gasteiger partial charge is 0.267 e. The third-order valence-corrected chi connectivity index (χ3v) is 7.11. The van der Waals surface area contributed by atoms with Gasteiger partial charge in [0.1, 0.15) is 5.75 Å². The summed E-state index contributed by atoms with van der Waals surface area (Å²) in [5.41, 5.74) is 4.01. The minimum absolute atomic E-state index is 0.0683. The van der Waals surface area contributed by atoms with Crippen LogP contribution in [0, 0.1) is 0 Å². The molecule has 1 aliphatic heterocycles. The first-order chi connectivity index (χ1) is 16.9. The SMILES string of the molecule is CC(C)(C)c1cc(/C=C2/SC(=Nc3ccccc3)N(Cc3ccccc3)C2=O)cc(C(C)(C)C)c1O. The third-order valence-electron chi connectivity index (χ3n) is 6.10. The summed E-state index contributed by atoms with van der Waals surface area (Å²) in [6.07, 6.45) is 1.93. The predicted molar refractivity (Wildman–Crippen MR) is 152 cm³/mol. The molecule has 0 unspecified atom stereocenters. The molecule has 0 aliphatic carbocycles. The number of thioether (sulfide) groups is 1. The zero-order valence-electron chi connectivity index (χ0n) is 21.9. The Morgan fingerprint density at radius 2 is 1.39 bits per heavy atom. The Hall–Kier alpha value is -3.31. The van der Waals surface area contributed by atoms with E-state index in [0.717, 1.165) is 27.9 Å². The van der Waals surface area contributed by atoms with Gasteiger partial charge in [0.2, 0.25) is 0 Å². The maximum atomic E-state index is 13.7. The van der Waals surface area contributed by atoms with E-state index in [1.807, 2.05) is 78.9 Å². The standard InChI is InChI=1S/C31H34N2O2S/c1-30(2,3)24-17-22(18-25(27(24)34)31(4,5)6)19-26-28(35)33(20-21-13-9-7-10-14-21)29(36-26)32-23-15-11-8-12-16-23/h7-19,34H,20H2,1-6H3/b26-19+,32-29?. The second kappa shape index (κ2) is 9.98. The number of rotatable bonds is 4. The molecule has 4 rings (SSSR count). The largest absolute Gasteiger partial charge is 0.507 e. The van der Waals surface area contributed by atoms with E-state index in [1.54, 1.807) is 4.90 Å². The number of aromatic hydroxyl groups is 1. The lowest BCUT2D eigenvalue weighted by Crippen LogP contribution is -2.28. The number of phenols is 1. The van der Waals surface area contributed by atoms with Crippen LogP contribution in [0.5, 0.6) is 5.75 Å². The van der Waals surface area contributed by atoms with Gasteiger partial charge in [-0.15, -0.1) is 0 Å². The summed E-state index contributed by atoms with van der Waals surface area (Å²) in [4.78, 5) is 20.8. The molecule has 1 saturated heterocycles. The molecule has 0 spiro atoms. The van der Waals surface area contributed by atoms with Crippen molar-refractivity contribution in [1.82, 2.24) is 4.90 Å². The van der Waals surface area contributed by atoms with Crippen LogP contribution in [0.2, 0.25) is 0 Å². The second-order valence-corrected chi connectivity index (χ2v) is 12.2. The van der Waals surface area contributed by atoms with E-state index >= 15 is 0 Å². The minimum atomic E-state index is -0.245.